The van der Waals surface area contributed by atoms with Gasteiger partial charge < -0.3 is 41.7 Å². The number of benzene rings is 2. The Morgan fingerprint density at radius 3 is 1.41 bits per heavy atom. The molecule has 20 nitrogen and oxygen atoms in total. The van der Waals surface area contributed by atoms with Crippen LogP contribution < -0.4 is 31.9 Å². The summed E-state index contributed by atoms with van der Waals surface area (Å²) in [5, 5.41) is 36.7. The normalized spacial score (nSPS) is 22.1. The van der Waals surface area contributed by atoms with Gasteiger partial charge in [-0.05, 0) is 121 Å². The maximum Gasteiger partial charge on any atom is 0.246 e. The molecule has 20 heteroatoms. The van der Waals surface area contributed by atoms with Gasteiger partial charge in [-0.15, -0.1) is 10.2 Å². The lowest BCUT2D eigenvalue weighted by atomic mass is 9.87. The molecule has 9 rings (SSSR count). The molecule has 4 aromatic rings. The lowest BCUT2D eigenvalue weighted by Gasteiger charge is -2.32. The molecule has 3 aliphatic heterocycles. The number of likely N-dealkylation sites (tertiary alicyclic amines) is 2. The predicted octanol–water partition coefficient (Wildman–Crippen LogP) is 1.58. The molecule has 1 unspecified atom stereocenters. The molecule has 5 heterocycles. The Hall–Kier alpha value is -6.54. The number of hydrogen-bond acceptors (Lipinski definition) is 12. The number of hydrogen-bond donors (Lipinski definition) is 6. The number of nitrogens with one attached hydrogen (secondary N) is 6. The molecule has 0 bridgehead atoms. The number of aromatic nitrogens is 6. The number of aryl methyl sites for hydroxylation is 4. The SMILES string of the molecule is CN[C@@H](C)C(=O)N[C@@H](Cc1nnn2c1-c1c(C[C@H](NC(=O)[C@H](C)NC)C(=O)N3CCC[C@H]3C(=O)N[C@@H]3CCCc4ccccc43)nnn1CCC2)C(=O)N1CCC[C@H]1C(=O)NC1CCCc2ccccc21. The molecule has 2 fully saturated rings. The monoisotopic (exact) mass is 973 g/mol. The smallest absolute Gasteiger partial charge is 0.246 e. The molecule has 6 N–H and O–H groups in total. The molecule has 378 valence electrons. The van der Waals surface area contributed by atoms with Crippen LogP contribution in [0.15, 0.2) is 48.5 Å². The molecule has 2 saturated heterocycles. The first kappa shape index (κ1) is 49.4. The topological polar surface area (TPSA) is 242 Å². The summed E-state index contributed by atoms with van der Waals surface area (Å²) in [5.74, 6) is -2.06. The molecule has 5 aliphatic rings. The van der Waals surface area contributed by atoms with E-state index in [9.17, 15) is 28.8 Å². The van der Waals surface area contributed by atoms with Crippen molar-refractivity contribution in [2.24, 2.45) is 0 Å². The number of likely N-dealkylation sites (N-methyl/N-ethyl adjacent to an activating group) is 2. The molecule has 2 aliphatic carbocycles. The van der Waals surface area contributed by atoms with Crippen LogP contribution >= 0.6 is 0 Å². The summed E-state index contributed by atoms with van der Waals surface area (Å²) in [6.45, 7) is 5.00. The fourth-order valence-corrected chi connectivity index (χ4v) is 11.2. The highest BCUT2D eigenvalue weighted by atomic mass is 16.2. The van der Waals surface area contributed by atoms with Crippen LogP contribution in [0.2, 0.25) is 0 Å². The van der Waals surface area contributed by atoms with Crippen molar-refractivity contribution in [3.63, 3.8) is 0 Å². The van der Waals surface area contributed by atoms with Crippen molar-refractivity contribution in [3.05, 3.63) is 82.2 Å². The van der Waals surface area contributed by atoms with Crippen LogP contribution in [0.5, 0.6) is 0 Å². The van der Waals surface area contributed by atoms with Gasteiger partial charge in [0.05, 0.1) is 35.6 Å². The first-order valence-corrected chi connectivity index (χ1v) is 25.6. The predicted molar refractivity (Wildman–Crippen MR) is 262 cm³/mol. The summed E-state index contributed by atoms with van der Waals surface area (Å²) in [6.07, 6.45) is 8.09. The van der Waals surface area contributed by atoms with Crippen LogP contribution in [0.1, 0.15) is 117 Å². The zero-order chi connectivity index (χ0) is 49.8. The van der Waals surface area contributed by atoms with E-state index in [1.165, 1.54) is 11.1 Å². The average molecular weight is 973 g/mol. The molecule has 2 aromatic carbocycles. The molecule has 8 atom stereocenters. The van der Waals surface area contributed by atoms with E-state index < -0.39 is 59.9 Å². The first-order chi connectivity index (χ1) is 34.4. The van der Waals surface area contributed by atoms with Gasteiger partial charge >= 0.3 is 0 Å². The number of carbonyl (C=O) groups is 6. The van der Waals surface area contributed by atoms with Crippen molar-refractivity contribution >= 4 is 35.4 Å². The van der Waals surface area contributed by atoms with Crippen molar-refractivity contribution in [2.75, 3.05) is 27.2 Å². The second-order valence-electron chi connectivity index (χ2n) is 19.8. The van der Waals surface area contributed by atoms with Crippen LogP contribution in [0.25, 0.3) is 11.4 Å². The van der Waals surface area contributed by atoms with E-state index in [1.807, 2.05) is 24.3 Å². The Morgan fingerprint density at radius 1 is 0.563 bits per heavy atom. The molecule has 71 heavy (non-hydrogen) atoms. The highest BCUT2D eigenvalue weighted by molar-refractivity contribution is 5.95. The second-order valence-corrected chi connectivity index (χ2v) is 19.8. The number of carbonyl (C=O) groups excluding carboxylic acids is 6. The quantitative estimate of drug-likeness (QED) is 0.0939. The van der Waals surface area contributed by atoms with Crippen molar-refractivity contribution in [3.8, 4) is 11.4 Å². The maximum atomic E-state index is 14.9. The molecular weight excluding hydrogens is 905 g/mol. The fourth-order valence-electron chi connectivity index (χ4n) is 11.2. The lowest BCUT2D eigenvalue weighted by Crippen LogP contribution is -2.56. The van der Waals surface area contributed by atoms with Crippen molar-refractivity contribution in [2.45, 2.75) is 159 Å². The summed E-state index contributed by atoms with van der Waals surface area (Å²) < 4.78 is 3.47. The Morgan fingerprint density at radius 2 is 0.986 bits per heavy atom. The van der Waals surface area contributed by atoms with Gasteiger partial charge in [-0.1, -0.05) is 59.0 Å². The summed E-state index contributed by atoms with van der Waals surface area (Å²) >= 11 is 0. The van der Waals surface area contributed by atoms with E-state index in [4.69, 9.17) is 0 Å². The van der Waals surface area contributed by atoms with Crippen LogP contribution in [0, 0.1) is 0 Å². The zero-order valence-electron chi connectivity index (χ0n) is 41.3. The fraction of sp³-hybridized carbons (Fsp3) is 0.569. The Balaban J connectivity index is 0.984. The van der Waals surface area contributed by atoms with Crippen molar-refractivity contribution < 1.29 is 28.8 Å². The second kappa shape index (κ2) is 21.8. The third-order valence-electron chi connectivity index (χ3n) is 15.3. The number of rotatable bonds is 16. The van der Waals surface area contributed by atoms with E-state index in [-0.39, 0.29) is 36.7 Å². The van der Waals surface area contributed by atoms with Crippen molar-refractivity contribution in [1.29, 1.82) is 0 Å². The molecular formula is C51H68N14O6. The van der Waals surface area contributed by atoms with Gasteiger partial charge in [-0.2, -0.15) is 0 Å². The Bertz CT molecular complexity index is 2450. The summed E-state index contributed by atoms with van der Waals surface area (Å²) in [7, 11) is 3.32. The summed E-state index contributed by atoms with van der Waals surface area (Å²) in [6, 6.07) is 11.0. The van der Waals surface area contributed by atoms with E-state index in [0.29, 0.717) is 81.1 Å². The van der Waals surface area contributed by atoms with Gasteiger partial charge in [0.15, 0.2) is 0 Å². The van der Waals surface area contributed by atoms with E-state index in [0.717, 1.165) is 49.7 Å². The number of nitrogens with zero attached hydrogens (tertiary/aromatic N) is 8. The van der Waals surface area contributed by atoms with E-state index in [1.54, 1.807) is 47.1 Å². The zero-order valence-corrected chi connectivity index (χ0v) is 41.3. The third kappa shape index (κ3) is 10.4. The largest absolute Gasteiger partial charge is 0.347 e. The van der Waals surface area contributed by atoms with E-state index >= 15 is 0 Å². The summed E-state index contributed by atoms with van der Waals surface area (Å²) in [5.41, 5.74) is 6.47. The maximum absolute atomic E-state index is 14.9. The van der Waals surface area contributed by atoms with Crippen molar-refractivity contribution in [1.82, 2.24) is 71.7 Å². The van der Waals surface area contributed by atoms with Gasteiger partial charge in [0, 0.05) is 39.0 Å². The van der Waals surface area contributed by atoms with Gasteiger partial charge in [-0.3, -0.25) is 28.8 Å². The minimum absolute atomic E-state index is 0.0728. The highest BCUT2D eigenvalue weighted by Gasteiger charge is 2.43. The first-order valence-electron chi connectivity index (χ1n) is 25.6. The standard InChI is InChI=1S/C51H68N14O6/c1-30(52-3)46(66)56-40(50(70)62-24-11-22-42(62)48(68)54-36-20-9-16-32-14-5-7-18-34(32)36)28-38-44-45-39(59-61-65(45)27-13-26-64(44)60-58-38)29-41(57-47(67)31(2)53-4)51(71)63-25-12-23-43(63)49(69)55-37-21-10-17-33-15-6-8-19-35(33)37/h5-8,14-15,18-19,30-31,36-37,40-43,52-53H,9-13,16-17,20-29H2,1-4H3,(H,54,68)(H,55,69)(H,56,66)(H,57,67)/t30-,31-,36+,37?,40-,41-,42-,43-/m0/s1. The van der Waals surface area contributed by atoms with Gasteiger partial charge in [0.1, 0.15) is 35.6 Å². The highest BCUT2D eigenvalue weighted by Crippen LogP contribution is 2.34. The third-order valence-corrected chi connectivity index (χ3v) is 15.3. The number of amides is 6. The molecule has 0 saturated carbocycles. The minimum atomic E-state index is -1.13. The summed E-state index contributed by atoms with van der Waals surface area (Å²) in [4.78, 5) is 88.5. The van der Waals surface area contributed by atoms with E-state index in [2.05, 4.69) is 76.8 Å². The van der Waals surface area contributed by atoms with Gasteiger partial charge in [-0.25, -0.2) is 9.36 Å². The number of fused-ring (bicyclic) bond motifs is 5. The molecule has 0 spiro atoms. The van der Waals surface area contributed by atoms with Crippen LogP contribution in [0.3, 0.4) is 0 Å². The average Bonchev–Trinajstić information content (AvgIpc) is 4.22. The molecule has 2 aromatic heterocycles. The Kier molecular flexibility index (Phi) is 15.2. The molecule has 6 amide bonds. The minimum Gasteiger partial charge on any atom is -0.347 e. The van der Waals surface area contributed by atoms with Gasteiger partial charge in [0.2, 0.25) is 35.4 Å². The van der Waals surface area contributed by atoms with Crippen LogP contribution in [0.4, 0.5) is 0 Å². The Labute approximate surface area is 414 Å². The van der Waals surface area contributed by atoms with Crippen LogP contribution in [-0.4, -0.2) is 139 Å². The van der Waals surface area contributed by atoms with Crippen LogP contribution in [-0.2, 0) is 67.5 Å². The lowest BCUT2D eigenvalue weighted by molar-refractivity contribution is -0.141. The van der Waals surface area contributed by atoms with Gasteiger partial charge in [0.25, 0.3) is 0 Å². The molecule has 0 radical (unpaired) electrons.